The van der Waals surface area contributed by atoms with Gasteiger partial charge in [0.15, 0.2) is 0 Å². The lowest BCUT2D eigenvalue weighted by molar-refractivity contribution is -0.123. The van der Waals surface area contributed by atoms with Gasteiger partial charge in [0.2, 0.25) is 5.91 Å². The molecular weight excluding hydrogens is 308 g/mol. The summed E-state index contributed by atoms with van der Waals surface area (Å²) in [5.74, 6) is 0.0380. The lowest BCUT2D eigenvalue weighted by atomic mass is 10.0. The Bertz CT molecular complexity index is 782. The summed E-state index contributed by atoms with van der Waals surface area (Å²) in [6.45, 7) is 1.58. The van der Waals surface area contributed by atoms with E-state index in [1.54, 1.807) is 24.4 Å². The number of hydrogen-bond acceptors (Lipinski definition) is 6. The molecule has 1 atom stereocenters. The molecule has 6 N–H and O–H groups in total. The zero-order chi connectivity index (χ0) is 17.1. The maximum atomic E-state index is 12.0. The standard InChI is InChI=1S/C16H20N6O2/c17-13(15(23)20-11-8-19-9-11)7-10-1-3-12(4-2-10)22-6-5-14(18)21-16(22)24/h1-6,11,13,19H,7-9,17H2,(H,20,23)(H2,18,21,24). The lowest BCUT2D eigenvalue weighted by Crippen LogP contribution is -2.59. The number of amides is 1. The fourth-order valence-electron chi connectivity index (χ4n) is 2.45. The van der Waals surface area contributed by atoms with Gasteiger partial charge in [-0.15, -0.1) is 0 Å². The van der Waals surface area contributed by atoms with Crippen molar-refractivity contribution < 1.29 is 4.79 Å². The van der Waals surface area contributed by atoms with Crippen molar-refractivity contribution in [3.05, 3.63) is 52.6 Å². The number of nitrogens with one attached hydrogen (secondary N) is 2. The molecule has 0 aliphatic carbocycles. The molecule has 1 aromatic heterocycles. The van der Waals surface area contributed by atoms with E-state index in [0.29, 0.717) is 12.1 Å². The highest BCUT2D eigenvalue weighted by molar-refractivity contribution is 5.82. The van der Waals surface area contributed by atoms with E-state index in [0.717, 1.165) is 18.7 Å². The van der Waals surface area contributed by atoms with Crippen LogP contribution in [0.15, 0.2) is 41.3 Å². The van der Waals surface area contributed by atoms with Crippen LogP contribution in [0.5, 0.6) is 0 Å². The van der Waals surface area contributed by atoms with Crippen LogP contribution in [0, 0.1) is 0 Å². The van der Waals surface area contributed by atoms with Gasteiger partial charge in [-0.05, 0) is 30.2 Å². The van der Waals surface area contributed by atoms with Crippen LogP contribution in [-0.4, -0.2) is 40.6 Å². The van der Waals surface area contributed by atoms with Crippen molar-refractivity contribution in [3.8, 4) is 5.69 Å². The molecule has 2 heterocycles. The van der Waals surface area contributed by atoms with Crippen LogP contribution in [0.1, 0.15) is 5.56 Å². The van der Waals surface area contributed by atoms with E-state index >= 15 is 0 Å². The minimum Gasteiger partial charge on any atom is -0.383 e. The summed E-state index contributed by atoms with van der Waals surface area (Å²) in [4.78, 5) is 27.5. The average Bonchev–Trinajstić information content (AvgIpc) is 2.51. The zero-order valence-corrected chi connectivity index (χ0v) is 13.1. The van der Waals surface area contributed by atoms with Crippen LogP contribution >= 0.6 is 0 Å². The largest absolute Gasteiger partial charge is 0.383 e. The smallest absolute Gasteiger partial charge is 0.354 e. The molecule has 8 nitrogen and oxygen atoms in total. The second-order valence-corrected chi connectivity index (χ2v) is 5.85. The fraction of sp³-hybridized carbons (Fsp3) is 0.312. The summed E-state index contributed by atoms with van der Waals surface area (Å²) in [5, 5.41) is 5.98. The first kappa shape index (κ1) is 16.2. The summed E-state index contributed by atoms with van der Waals surface area (Å²) >= 11 is 0. The molecule has 1 aromatic carbocycles. The highest BCUT2D eigenvalue weighted by Crippen LogP contribution is 2.10. The SMILES string of the molecule is Nc1ccn(-c2ccc(CC(N)C(=O)NC3CNC3)cc2)c(=O)n1. The number of anilines is 1. The van der Waals surface area contributed by atoms with Crippen LogP contribution in [0.4, 0.5) is 5.82 Å². The molecule has 3 rings (SSSR count). The fourth-order valence-corrected chi connectivity index (χ4v) is 2.45. The second-order valence-electron chi connectivity index (χ2n) is 5.85. The van der Waals surface area contributed by atoms with Gasteiger partial charge in [-0.3, -0.25) is 9.36 Å². The van der Waals surface area contributed by atoms with Crippen LogP contribution in [0.25, 0.3) is 5.69 Å². The third-order valence-corrected chi connectivity index (χ3v) is 3.96. The molecule has 0 spiro atoms. The Labute approximate surface area is 138 Å². The monoisotopic (exact) mass is 328 g/mol. The topological polar surface area (TPSA) is 128 Å². The maximum absolute atomic E-state index is 12.0. The normalized spacial score (nSPS) is 15.5. The first-order valence-corrected chi connectivity index (χ1v) is 7.74. The molecule has 1 unspecified atom stereocenters. The molecule has 1 aliphatic heterocycles. The van der Waals surface area contributed by atoms with Crippen molar-refractivity contribution >= 4 is 11.7 Å². The van der Waals surface area contributed by atoms with Crippen molar-refractivity contribution in [2.45, 2.75) is 18.5 Å². The Kier molecular flexibility index (Phi) is 4.59. The highest BCUT2D eigenvalue weighted by atomic mass is 16.2. The number of rotatable bonds is 5. The third-order valence-electron chi connectivity index (χ3n) is 3.96. The minimum absolute atomic E-state index is 0.149. The molecule has 8 heteroatoms. The Hall–Kier alpha value is -2.71. The summed E-state index contributed by atoms with van der Waals surface area (Å²) in [6.07, 6.45) is 2.01. The highest BCUT2D eigenvalue weighted by Gasteiger charge is 2.22. The molecule has 0 saturated carbocycles. The summed E-state index contributed by atoms with van der Waals surface area (Å²) in [7, 11) is 0. The maximum Gasteiger partial charge on any atom is 0.354 e. The van der Waals surface area contributed by atoms with Crippen LogP contribution in [-0.2, 0) is 11.2 Å². The van der Waals surface area contributed by atoms with Crippen molar-refractivity contribution in [2.75, 3.05) is 18.8 Å². The van der Waals surface area contributed by atoms with Crippen molar-refractivity contribution in [1.29, 1.82) is 0 Å². The predicted octanol–water partition coefficient (Wildman–Crippen LogP) is -1.23. The molecule has 2 aromatic rings. The van der Waals surface area contributed by atoms with Gasteiger partial charge in [-0.2, -0.15) is 4.98 Å². The van der Waals surface area contributed by atoms with Gasteiger partial charge in [0.1, 0.15) is 5.82 Å². The van der Waals surface area contributed by atoms with Crippen molar-refractivity contribution in [3.63, 3.8) is 0 Å². The van der Waals surface area contributed by atoms with Gasteiger partial charge < -0.3 is 22.1 Å². The van der Waals surface area contributed by atoms with E-state index < -0.39 is 11.7 Å². The van der Waals surface area contributed by atoms with Gasteiger partial charge in [-0.1, -0.05) is 12.1 Å². The molecule has 1 aliphatic rings. The number of carbonyl (C=O) groups excluding carboxylic acids is 1. The quantitative estimate of drug-likeness (QED) is 0.544. The summed E-state index contributed by atoms with van der Waals surface area (Å²) in [5.41, 5.74) is 12.6. The first-order valence-electron chi connectivity index (χ1n) is 7.74. The van der Waals surface area contributed by atoms with Gasteiger partial charge >= 0.3 is 5.69 Å². The Morgan fingerprint density at radius 2 is 2.04 bits per heavy atom. The molecule has 1 fully saturated rings. The first-order chi connectivity index (χ1) is 11.5. The van der Waals surface area contributed by atoms with Crippen LogP contribution in [0.2, 0.25) is 0 Å². The Balaban J connectivity index is 1.65. The molecule has 24 heavy (non-hydrogen) atoms. The zero-order valence-electron chi connectivity index (χ0n) is 13.1. The molecule has 1 saturated heterocycles. The van der Waals surface area contributed by atoms with E-state index in [4.69, 9.17) is 11.5 Å². The van der Waals surface area contributed by atoms with Gasteiger partial charge in [0.05, 0.1) is 17.8 Å². The Morgan fingerprint density at radius 1 is 1.33 bits per heavy atom. The second kappa shape index (κ2) is 6.81. The number of nitrogens with two attached hydrogens (primary N) is 2. The minimum atomic E-state index is -0.600. The Morgan fingerprint density at radius 3 is 2.62 bits per heavy atom. The van der Waals surface area contributed by atoms with Gasteiger partial charge in [-0.25, -0.2) is 4.79 Å². The van der Waals surface area contributed by atoms with Crippen LogP contribution in [0.3, 0.4) is 0 Å². The van der Waals surface area contributed by atoms with Crippen molar-refractivity contribution in [1.82, 2.24) is 20.2 Å². The van der Waals surface area contributed by atoms with Crippen molar-refractivity contribution in [2.24, 2.45) is 5.73 Å². The van der Waals surface area contributed by atoms with Gasteiger partial charge in [0, 0.05) is 19.3 Å². The third kappa shape index (κ3) is 3.61. The molecule has 126 valence electrons. The molecular formula is C16H20N6O2. The van der Waals surface area contributed by atoms with Gasteiger partial charge in [0.25, 0.3) is 0 Å². The predicted molar refractivity (Wildman–Crippen MR) is 90.7 cm³/mol. The van der Waals surface area contributed by atoms with E-state index in [2.05, 4.69) is 15.6 Å². The average molecular weight is 328 g/mol. The number of benzene rings is 1. The number of aromatic nitrogens is 2. The summed E-state index contributed by atoms with van der Waals surface area (Å²) < 4.78 is 1.40. The number of hydrogen-bond donors (Lipinski definition) is 4. The molecule has 0 radical (unpaired) electrons. The number of nitrogens with zero attached hydrogens (tertiary/aromatic N) is 2. The van der Waals surface area contributed by atoms with E-state index in [1.807, 2.05) is 12.1 Å². The molecule has 0 bridgehead atoms. The summed E-state index contributed by atoms with van der Waals surface area (Å²) in [6, 6.07) is 8.40. The van der Waals surface area contributed by atoms with E-state index in [-0.39, 0.29) is 17.8 Å². The van der Waals surface area contributed by atoms with E-state index in [1.165, 1.54) is 4.57 Å². The number of nitrogen functional groups attached to an aromatic ring is 1. The van der Waals surface area contributed by atoms with E-state index in [9.17, 15) is 9.59 Å². The lowest BCUT2D eigenvalue weighted by Gasteiger charge is -2.29. The van der Waals surface area contributed by atoms with Crippen LogP contribution < -0.4 is 27.8 Å². The molecule has 1 amide bonds. The number of carbonyl (C=O) groups is 1.